The molecule has 0 aliphatic carbocycles. The normalized spacial score (nSPS) is 10.9. The molecule has 5 heteroatoms. The minimum atomic E-state index is 0.711. The molecular weight excluding hydrogens is 214 g/mol. The Kier molecular flexibility index (Phi) is 2.04. The summed E-state index contributed by atoms with van der Waals surface area (Å²) in [6.45, 7) is 1.98. The fourth-order valence-corrected chi connectivity index (χ4v) is 1.81. The first-order valence-electron chi connectivity index (χ1n) is 5.27. The summed E-state index contributed by atoms with van der Waals surface area (Å²) in [5, 5.41) is 8.22. The predicted octanol–water partition coefficient (Wildman–Crippen LogP) is 1.68. The van der Waals surface area contributed by atoms with Gasteiger partial charge in [-0.25, -0.2) is 0 Å². The second kappa shape index (κ2) is 3.55. The van der Waals surface area contributed by atoms with E-state index in [1.807, 2.05) is 35.7 Å². The molecule has 17 heavy (non-hydrogen) atoms. The third-order valence-corrected chi connectivity index (χ3v) is 2.78. The zero-order chi connectivity index (χ0) is 11.8. The molecule has 5 nitrogen and oxygen atoms in total. The van der Waals surface area contributed by atoms with Crippen LogP contribution in [0.25, 0.3) is 17.0 Å². The van der Waals surface area contributed by atoms with Crippen molar-refractivity contribution in [1.82, 2.24) is 19.6 Å². The minimum absolute atomic E-state index is 0.711. The van der Waals surface area contributed by atoms with E-state index in [2.05, 4.69) is 15.2 Å². The Morgan fingerprint density at radius 2 is 2.12 bits per heavy atom. The van der Waals surface area contributed by atoms with Gasteiger partial charge in [-0.2, -0.15) is 0 Å². The van der Waals surface area contributed by atoms with Gasteiger partial charge in [0.25, 0.3) is 0 Å². The number of hydrogen-bond donors (Lipinski definition) is 1. The van der Waals surface area contributed by atoms with E-state index in [0.29, 0.717) is 5.65 Å². The van der Waals surface area contributed by atoms with E-state index in [4.69, 9.17) is 5.73 Å². The number of aryl methyl sites for hydroxylation is 1. The molecule has 0 aliphatic rings. The summed E-state index contributed by atoms with van der Waals surface area (Å²) in [5.74, 6) is 0.739. The molecule has 84 valence electrons. The van der Waals surface area contributed by atoms with Gasteiger partial charge < -0.3 is 5.73 Å². The maximum absolute atomic E-state index is 6.07. The molecule has 0 atom stereocenters. The lowest BCUT2D eigenvalue weighted by Crippen LogP contribution is -1.97. The Morgan fingerprint density at radius 3 is 3.00 bits per heavy atom. The standard InChI is InChI=1S/C12H11N5/c1-8-3-2-4-9(11(8)13)12-16-15-10-7-14-5-6-17(10)12/h2-7H,13H2,1H3. The molecule has 3 aromatic rings. The lowest BCUT2D eigenvalue weighted by molar-refractivity contribution is 1.11. The number of hydrogen-bond acceptors (Lipinski definition) is 4. The third-order valence-electron chi connectivity index (χ3n) is 2.78. The van der Waals surface area contributed by atoms with Crippen molar-refractivity contribution in [3.8, 4) is 11.4 Å². The summed E-state index contributed by atoms with van der Waals surface area (Å²) in [6.07, 6.45) is 5.20. The van der Waals surface area contributed by atoms with Gasteiger partial charge in [0.05, 0.1) is 6.20 Å². The summed E-state index contributed by atoms with van der Waals surface area (Å²) < 4.78 is 1.87. The SMILES string of the molecule is Cc1cccc(-c2nnc3cnccn23)c1N. The number of nitrogen functional groups attached to an aromatic ring is 1. The van der Waals surface area contributed by atoms with Crippen LogP contribution in [-0.2, 0) is 0 Å². The Balaban J connectivity index is 2.31. The Labute approximate surface area is 97.9 Å². The van der Waals surface area contributed by atoms with Gasteiger partial charge in [-0.3, -0.25) is 9.38 Å². The van der Waals surface area contributed by atoms with Gasteiger partial charge in [0.2, 0.25) is 0 Å². The van der Waals surface area contributed by atoms with Crippen LogP contribution in [0.5, 0.6) is 0 Å². The van der Waals surface area contributed by atoms with Crippen molar-refractivity contribution in [2.45, 2.75) is 6.92 Å². The van der Waals surface area contributed by atoms with Crippen molar-refractivity contribution in [3.63, 3.8) is 0 Å². The molecule has 3 rings (SSSR count). The molecule has 0 saturated carbocycles. The summed E-state index contributed by atoms with van der Waals surface area (Å²) >= 11 is 0. The van der Waals surface area contributed by atoms with Crippen molar-refractivity contribution in [2.75, 3.05) is 5.73 Å². The quantitative estimate of drug-likeness (QED) is 0.640. The molecule has 0 unspecified atom stereocenters. The molecule has 0 aliphatic heterocycles. The summed E-state index contributed by atoms with van der Waals surface area (Å²) in [4.78, 5) is 4.01. The van der Waals surface area contributed by atoms with Crippen LogP contribution in [-0.4, -0.2) is 19.6 Å². The van der Waals surface area contributed by atoms with Crippen molar-refractivity contribution >= 4 is 11.3 Å². The van der Waals surface area contributed by atoms with E-state index >= 15 is 0 Å². The zero-order valence-corrected chi connectivity index (χ0v) is 9.33. The number of nitrogens with zero attached hydrogens (tertiary/aromatic N) is 4. The van der Waals surface area contributed by atoms with Crippen LogP contribution in [0.4, 0.5) is 5.69 Å². The topological polar surface area (TPSA) is 69.1 Å². The fraction of sp³-hybridized carbons (Fsp3) is 0.0833. The van der Waals surface area contributed by atoms with Gasteiger partial charge in [0.1, 0.15) is 0 Å². The number of anilines is 1. The van der Waals surface area contributed by atoms with Crippen LogP contribution in [0.1, 0.15) is 5.56 Å². The van der Waals surface area contributed by atoms with Crippen molar-refractivity contribution < 1.29 is 0 Å². The van der Waals surface area contributed by atoms with Crippen LogP contribution < -0.4 is 5.73 Å². The second-order valence-corrected chi connectivity index (χ2v) is 3.86. The van der Waals surface area contributed by atoms with Crippen LogP contribution in [0, 0.1) is 6.92 Å². The molecule has 0 saturated heterocycles. The molecule has 2 N–H and O–H groups in total. The summed E-state index contributed by atoms with van der Waals surface area (Å²) in [7, 11) is 0. The highest BCUT2D eigenvalue weighted by Crippen LogP contribution is 2.26. The van der Waals surface area contributed by atoms with Crippen LogP contribution in [0.15, 0.2) is 36.8 Å². The lowest BCUT2D eigenvalue weighted by Gasteiger charge is -2.06. The van der Waals surface area contributed by atoms with E-state index in [1.54, 1.807) is 12.4 Å². The van der Waals surface area contributed by atoms with E-state index in [-0.39, 0.29) is 0 Å². The van der Waals surface area contributed by atoms with E-state index in [1.165, 1.54) is 0 Å². The Bertz CT molecular complexity index is 686. The highest BCUT2D eigenvalue weighted by atomic mass is 15.2. The van der Waals surface area contributed by atoms with Crippen molar-refractivity contribution in [2.24, 2.45) is 0 Å². The Hall–Kier alpha value is -2.43. The van der Waals surface area contributed by atoms with Gasteiger partial charge in [-0.15, -0.1) is 10.2 Å². The van der Waals surface area contributed by atoms with Gasteiger partial charge >= 0.3 is 0 Å². The highest BCUT2D eigenvalue weighted by molar-refractivity contribution is 5.75. The molecule has 0 bridgehead atoms. The van der Waals surface area contributed by atoms with Gasteiger partial charge in [0, 0.05) is 23.6 Å². The van der Waals surface area contributed by atoms with Gasteiger partial charge in [-0.1, -0.05) is 12.1 Å². The molecular formula is C12H11N5. The molecule has 0 fully saturated rings. The average molecular weight is 225 g/mol. The molecule has 2 heterocycles. The summed E-state index contributed by atoms with van der Waals surface area (Å²) in [5.41, 5.74) is 9.44. The molecule has 2 aromatic heterocycles. The molecule has 0 radical (unpaired) electrons. The zero-order valence-electron chi connectivity index (χ0n) is 9.33. The summed E-state index contributed by atoms with van der Waals surface area (Å²) in [6, 6.07) is 5.88. The second-order valence-electron chi connectivity index (χ2n) is 3.86. The fourth-order valence-electron chi connectivity index (χ4n) is 1.81. The number of benzene rings is 1. The van der Waals surface area contributed by atoms with Crippen molar-refractivity contribution in [3.05, 3.63) is 42.4 Å². The first-order valence-corrected chi connectivity index (χ1v) is 5.27. The average Bonchev–Trinajstić information content (AvgIpc) is 2.77. The predicted molar refractivity (Wildman–Crippen MR) is 65.4 cm³/mol. The van der Waals surface area contributed by atoms with Crippen LogP contribution >= 0.6 is 0 Å². The van der Waals surface area contributed by atoms with Crippen molar-refractivity contribution in [1.29, 1.82) is 0 Å². The number of para-hydroxylation sites is 1. The monoisotopic (exact) mass is 225 g/mol. The highest BCUT2D eigenvalue weighted by Gasteiger charge is 2.11. The number of fused-ring (bicyclic) bond motifs is 1. The maximum Gasteiger partial charge on any atom is 0.179 e. The first kappa shape index (κ1) is 9.77. The molecule has 1 aromatic carbocycles. The largest absolute Gasteiger partial charge is 0.398 e. The van der Waals surface area contributed by atoms with E-state index in [0.717, 1.165) is 22.6 Å². The molecule has 0 spiro atoms. The molecule has 0 amide bonds. The Morgan fingerprint density at radius 1 is 1.24 bits per heavy atom. The number of rotatable bonds is 1. The number of aromatic nitrogens is 4. The third kappa shape index (κ3) is 1.44. The smallest absolute Gasteiger partial charge is 0.179 e. The van der Waals surface area contributed by atoms with Gasteiger partial charge in [-0.05, 0) is 18.6 Å². The number of nitrogens with two attached hydrogens (primary N) is 1. The van der Waals surface area contributed by atoms with E-state index < -0.39 is 0 Å². The van der Waals surface area contributed by atoms with Crippen LogP contribution in [0.3, 0.4) is 0 Å². The maximum atomic E-state index is 6.07. The lowest BCUT2D eigenvalue weighted by atomic mass is 10.1. The first-order chi connectivity index (χ1) is 8.27. The minimum Gasteiger partial charge on any atom is -0.398 e. The van der Waals surface area contributed by atoms with Gasteiger partial charge in [0.15, 0.2) is 11.5 Å². The van der Waals surface area contributed by atoms with Crippen LogP contribution in [0.2, 0.25) is 0 Å². The van der Waals surface area contributed by atoms with E-state index in [9.17, 15) is 0 Å².